The molecule has 0 aromatic carbocycles. The zero-order valence-corrected chi connectivity index (χ0v) is 12.1. The van der Waals surface area contributed by atoms with Gasteiger partial charge < -0.3 is 14.2 Å². The summed E-state index contributed by atoms with van der Waals surface area (Å²) in [7, 11) is 0. The SMILES string of the molecule is CC(=O)N1CCN(C(=O)c2cc3nc(C)ccc3o2)CC1. The van der Waals surface area contributed by atoms with Gasteiger partial charge in [0.15, 0.2) is 11.3 Å². The lowest BCUT2D eigenvalue weighted by Crippen LogP contribution is -2.50. The van der Waals surface area contributed by atoms with Crippen LogP contribution in [0.2, 0.25) is 0 Å². The van der Waals surface area contributed by atoms with E-state index in [0.29, 0.717) is 43.0 Å². The van der Waals surface area contributed by atoms with Gasteiger partial charge in [-0.25, -0.2) is 4.98 Å². The normalized spacial score (nSPS) is 15.5. The summed E-state index contributed by atoms with van der Waals surface area (Å²) < 4.78 is 5.58. The number of hydrogen-bond acceptors (Lipinski definition) is 4. The van der Waals surface area contributed by atoms with Crippen molar-refractivity contribution in [2.24, 2.45) is 0 Å². The third-order valence-electron chi connectivity index (χ3n) is 3.74. The third-order valence-corrected chi connectivity index (χ3v) is 3.74. The molecule has 0 atom stereocenters. The van der Waals surface area contributed by atoms with E-state index in [9.17, 15) is 9.59 Å². The molecular formula is C15H17N3O3. The van der Waals surface area contributed by atoms with Crippen LogP contribution in [0, 0.1) is 6.92 Å². The van der Waals surface area contributed by atoms with Gasteiger partial charge in [-0.2, -0.15) is 0 Å². The highest BCUT2D eigenvalue weighted by Crippen LogP contribution is 2.19. The lowest BCUT2D eigenvalue weighted by Gasteiger charge is -2.33. The highest BCUT2D eigenvalue weighted by atomic mass is 16.3. The number of rotatable bonds is 1. The van der Waals surface area contributed by atoms with E-state index in [2.05, 4.69) is 4.98 Å². The van der Waals surface area contributed by atoms with Crippen LogP contribution in [0.3, 0.4) is 0 Å². The Balaban J connectivity index is 1.76. The first-order chi connectivity index (χ1) is 10.0. The van der Waals surface area contributed by atoms with Gasteiger partial charge in [0.1, 0.15) is 5.52 Å². The van der Waals surface area contributed by atoms with Crippen LogP contribution < -0.4 is 0 Å². The summed E-state index contributed by atoms with van der Waals surface area (Å²) in [6.07, 6.45) is 0. The highest BCUT2D eigenvalue weighted by molar-refractivity contribution is 5.95. The second-order valence-electron chi connectivity index (χ2n) is 5.24. The Hall–Kier alpha value is -2.37. The van der Waals surface area contributed by atoms with Crippen molar-refractivity contribution in [3.8, 4) is 0 Å². The molecule has 110 valence electrons. The predicted octanol–water partition coefficient (Wildman–Crippen LogP) is 1.44. The number of nitrogens with zero attached hydrogens (tertiary/aromatic N) is 3. The minimum atomic E-state index is -0.145. The average Bonchev–Trinajstić information content (AvgIpc) is 2.89. The molecule has 1 saturated heterocycles. The van der Waals surface area contributed by atoms with Crippen LogP contribution in [-0.2, 0) is 4.79 Å². The summed E-state index contributed by atoms with van der Waals surface area (Å²) in [5.74, 6) is 0.207. The number of piperazine rings is 1. The van der Waals surface area contributed by atoms with Gasteiger partial charge in [-0.15, -0.1) is 0 Å². The first kappa shape index (κ1) is 13.6. The van der Waals surface area contributed by atoms with Gasteiger partial charge >= 0.3 is 0 Å². The van der Waals surface area contributed by atoms with Gasteiger partial charge in [-0.05, 0) is 19.1 Å². The molecule has 21 heavy (non-hydrogen) atoms. The average molecular weight is 287 g/mol. The van der Waals surface area contributed by atoms with Crippen LogP contribution in [0.5, 0.6) is 0 Å². The molecule has 6 nitrogen and oxygen atoms in total. The fourth-order valence-electron chi connectivity index (χ4n) is 2.51. The molecule has 3 rings (SSSR count). The quantitative estimate of drug-likeness (QED) is 0.796. The Morgan fingerprint density at radius 1 is 1.14 bits per heavy atom. The van der Waals surface area contributed by atoms with E-state index in [1.54, 1.807) is 22.8 Å². The van der Waals surface area contributed by atoms with E-state index >= 15 is 0 Å². The maximum atomic E-state index is 12.4. The van der Waals surface area contributed by atoms with Gasteiger partial charge in [0, 0.05) is 44.9 Å². The topological polar surface area (TPSA) is 66.7 Å². The van der Waals surface area contributed by atoms with Crippen LogP contribution in [0.15, 0.2) is 22.6 Å². The smallest absolute Gasteiger partial charge is 0.289 e. The van der Waals surface area contributed by atoms with Gasteiger partial charge in [-0.1, -0.05) is 0 Å². The van der Waals surface area contributed by atoms with Crippen LogP contribution in [0.1, 0.15) is 23.2 Å². The fraction of sp³-hybridized carbons (Fsp3) is 0.400. The molecule has 0 spiro atoms. The van der Waals surface area contributed by atoms with Crippen molar-refractivity contribution in [3.63, 3.8) is 0 Å². The number of amides is 2. The number of furan rings is 1. The number of pyridine rings is 1. The van der Waals surface area contributed by atoms with Crippen molar-refractivity contribution >= 4 is 22.9 Å². The lowest BCUT2D eigenvalue weighted by molar-refractivity contribution is -0.130. The maximum absolute atomic E-state index is 12.4. The van der Waals surface area contributed by atoms with Gasteiger partial charge in [0.25, 0.3) is 5.91 Å². The Morgan fingerprint density at radius 2 is 1.81 bits per heavy atom. The Morgan fingerprint density at radius 3 is 2.48 bits per heavy atom. The van der Waals surface area contributed by atoms with Gasteiger partial charge in [0.05, 0.1) is 0 Å². The summed E-state index contributed by atoms with van der Waals surface area (Å²) in [5.41, 5.74) is 2.20. The third kappa shape index (κ3) is 2.61. The lowest BCUT2D eigenvalue weighted by atomic mass is 10.2. The van der Waals surface area contributed by atoms with Gasteiger partial charge in [-0.3, -0.25) is 9.59 Å². The summed E-state index contributed by atoms with van der Waals surface area (Å²) in [4.78, 5) is 31.5. The van der Waals surface area contributed by atoms with E-state index in [-0.39, 0.29) is 11.8 Å². The predicted molar refractivity (Wildman–Crippen MR) is 76.9 cm³/mol. The molecular weight excluding hydrogens is 270 g/mol. The maximum Gasteiger partial charge on any atom is 0.289 e. The number of fused-ring (bicyclic) bond motifs is 1. The van der Waals surface area contributed by atoms with Crippen molar-refractivity contribution < 1.29 is 14.0 Å². The molecule has 3 heterocycles. The van der Waals surface area contributed by atoms with Crippen LogP contribution >= 0.6 is 0 Å². The summed E-state index contributed by atoms with van der Waals surface area (Å²) in [6, 6.07) is 5.36. The van der Waals surface area contributed by atoms with E-state index in [0.717, 1.165) is 5.69 Å². The zero-order chi connectivity index (χ0) is 15.0. The molecule has 2 aromatic heterocycles. The number of hydrogen-bond donors (Lipinski definition) is 0. The largest absolute Gasteiger partial charge is 0.449 e. The molecule has 2 aromatic rings. The van der Waals surface area contributed by atoms with E-state index in [4.69, 9.17) is 4.42 Å². The molecule has 1 fully saturated rings. The number of aromatic nitrogens is 1. The van der Waals surface area contributed by atoms with Crippen LogP contribution in [0.25, 0.3) is 11.1 Å². The van der Waals surface area contributed by atoms with Crippen molar-refractivity contribution in [2.45, 2.75) is 13.8 Å². The minimum absolute atomic E-state index is 0.0468. The summed E-state index contributed by atoms with van der Waals surface area (Å²) in [6.45, 7) is 5.64. The first-order valence-electron chi connectivity index (χ1n) is 6.96. The van der Waals surface area contributed by atoms with Gasteiger partial charge in [0.2, 0.25) is 5.91 Å². The first-order valence-corrected chi connectivity index (χ1v) is 6.96. The van der Waals surface area contributed by atoms with Crippen LogP contribution in [0.4, 0.5) is 0 Å². The molecule has 1 aliphatic heterocycles. The summed E-state index contributed by atoms with van der Waals surface area (Å²) in [5, 5.41) is 0. The Kier molecular flexibility index (Phi) is 3.37. The van der Waals surface area contributed by atoms with E-state index < -0.39 is 0 Å². The number of aryl methyl sites for hydroxylation is 1. The van der Waals surface area contributed by atoms with Crippen molar-refractivity contribution in [2.75, 3.05) is 26.2 Å². The Bertz CT molecular complexity index is 699. The molecule has 0 aliphatic carbocycles. The second-order valence-corrected chi connectivity index (χ2v) is 5.24. The number of carbonyl (C=O) groups excluding carboxylic acids is 2. The molecule has 0 N–H and O–H groups in total. The summed E-state index contributed by atoms with van der Waals surface area (Å²) >= 11 is 0. The standard InChI is InChI=1S/C15H17N3O3/c1-10-3-4-13-12(16-10)9-14(21-13)15(20)18-7-5-17(6-8-18)11(2)19/h3-4,9H,5-8H2,1-2H3. The minimum Gasteiger partial charge on any atom is -0.449 e. The van der Waals surface area contributed by atoms with Crippen LogP contribution in [-0.4, -0.2) is 52.8 Å². The molecule has 0 bridgehead atoms. The fourth-order valence-corrected chi connectivity index (χ4v) is 2.51. The molecule has 6 heteroatoms. The number of carbonyl (C=O) groups is 2. The van der Waals surface area contributed by atoms with Crippen molar-refractivity contribution in [3.05, 3.63) is 29.7 Å². The molecule has 0 unspecified atom stereocenters. The molecule has 1 aliphatic rings. The monoisotopic (exact) mass is 287 g/mol. The molecule has 0 radical (unpaired) electrons. The van der Waals surface area contributed by atoms with Crippen molar-refractivity contribution in [1.82, 2.24) is 14.8 Å². The Labute approximate surface area is 122 Å². The molecule has 0 saturated carbocycles. The second kappa shape index (κ2) is 5.20. The zero-order valence-electron chi connectivity index (χ0n) is 12.1. The highest BCUT2D eigenvalue weighted by Gasteiger charge is 2.25. The molecule has 2 amide bonds. The van der Waals surface area contributed by atoms with Crippen molar-refractivity contribution in [1.29, 1.82) is 0 Å². The van der Waals surface area contributed by atoms with E-state index in [1.165, 1.54) is 0 Å². The van der Waals surface area contributed by atoms with E-state index in [1.807, 2.05) is 19.1 Å².